The van der Waals surface area contributed by atoms with E-state index < -0.39 is 68.3 Å². The Hall–Kier alpha value is -1.71. The number of nitrogens with zero attached hydrogens (tertiary/aromatic N) is 1. The van der Waals surface area contributed by atoms with Gasteiger partial charge in [-0.25, -0.2) is 0 Å². The summed E-state index contributed by atoms with van der Waals surface area (Å²) in [4.78, 5) is 0. The second kappa shape index (κ2) is 11.8. The number of aliphatic hydroxyl groups excluding tert-OH is 8. The van der Waals surface area contributed by atoms with Crippen molar-refractivity contribution in [1.29, 1.82) is 0 Å². The van der Waals surface area contributed by atoms with Crippen molar-refractivity contribution in [2.45, 2.75) is 62.0 Å². The lowest BCUT2D eigenvalue weighted by Crippen LogP contribution is -2.60. The molecule has 1 fully saturated rings. The maximum atomic E-state index is 10.4. The lowest BCUT2D eigenvalue weighted by Gasteiger charge is -2.41. The highest BCUT2D eigenvalue weighted by molar-refractivity contribution is 5.66. The highest BCUT2D eigenvalue weighted by Gasteiger charge is 2.46. The number of aryl methyl sites for hydroxylation is 1. The molecule has 0 bridgehead atoms. The molecule has 9 atom stereocenters. The Kier molecular flexibility index (Phi) is 9.71. The lowest BCUT2D eigenvalue weighted by atomic mass is 9.99. The van der Waals surface area contributed by atoms with E-state index in [2.05, 4.69) is 10.5 Å². The summed E-state index contributed by atoms with van der Waals surface area (Å²) in [5, 5.41) is 82.3. The van der Waals surface area contributed by atoms with Crippen LogP contribution in [0.3, 0.4) is 0 Å². The fourth-order valence-electron chi connectivity index (χ4n) is 2.95. The monoisotopic (exact) mass is 446 g/mol. The maximum absolute atomic E-state index is 10.4. The molecule has 1 heterocycles. The molecule has 31 heavy (non-hydrogen) atoms. The van der Waals surface area contributed by atoms with Gasteiger partial charge in [-0.15, -0.1) is 0 Å². The Bertz CT molecular complexity index is 706. The van der Waals surface area contributed by atoms with Crippen LogP contribution in [0.25, 0.3) is 0 Å². The summed E-state index contributed by atoms with van der Waals surface area (Å²) in [6.07, 6.45) is -13.8. The van der Waals surface area contributed by atoms with E-state index in [-0.39, 0.29) is 0 Å². The molecule has 0 aliphatic carbocycles. The maximum Gasteiger partial charge on any atom is 0.187 e. The zero-order valence-electron chi connectivity index (χ0n) is 16.8. The molecule has 2 rings (SSSR count). The van der Waals surface area contributed by atoms with Gasteiger partial charge in [0.1, 0.15) is 48.8 Å². The SMILES string of the molecule is Cc1ccccc1N/N=C/[C@H](O[C@@H]1O[C@H](CO)[C@@H](O)[C@H](O)[C@H]1O)[C@@H](O)[C@H](O)[C@H](O)CO. The average molecular weight is 446 g/mol. The minimum absolute atomic E-state index is 0.635. The third-order valence-electron chi connectivity index (χ3n) is 4.96. The number of aliphatic hydroxyl groups is 8. The summed E-state index contributed by atoms with van der Waals surface area (Å²) in [5.74, 6) is 0. The van der Waals surface area contributed by atoms with Crippen LogP contribution in [0.15, 0.2) is 29.4 Å². The third kappa shape index (κ3) is 6.40. The predicted molar refractivity (Wildman–Crippen MR) is 107 cm³/mol. The molecule has 0 aromatic heterocycles. The molecule has 0 spiro atoms. The number of para-hydroxylation sites is 1. The first-order valence-corrected chi connectivity index (χ1v) is 9.67. The van der Waals surface area contributed by atoms with Gasteiger partial charge in [0.05, 0.1) is 25.1 Å². The Morgan fingerprint density at radius 2 is 1.74 bits per heavy atom. The average Bonchev–Trinajstić information content (AvgIpc) is 2.78. The van der Waals surface area contributed by atoms with Gasteiger partial charge in [0.15, 0.2) is 6.29 Å². The zero-order valence-corrected chi connectivity index (χ0v) is 16.8. The number of ether oxygens (including phenoxy) is 2. The fraction of sp³-hybridized carbons (Fsp3) is 0.632. The van der Waals surface area contributed by atoms with Crippen molar-refractivity contribution >= 4 is 11.9 Å². The Balaban J connectivity index is 2.20. The first-order chi connectivity index (χ1) is 14.7. The summed E-state index contributed by atoms with van der Waals surface area (Å²) in [6.45, 7) is 0.298. The third-order valence-corrected chi connectivity index (χ3v) is 4.96. The minimum atomic E-state index is -1.86. The lowest BCUT2D eigenvalue weighted by molar-refractivity contribution is -0.312. The van der Waals surface area contributed by atoms with Crippen LogP contribution < -0.4 is 5.43 Å². The van der Waals surface area contributed by atoms with Crippen LogP contribution >= 0.6 is 0 Å². The number of rotatable bonds is 10. The Morgan fingerprint density at radius 1 is 1.06 bits per heavy atom. The molecule has 12 heteroatoms. The van der Waals surface area contributed by atoms with E-state index in [1.54, 1.807) is 12.1 Å². The molecule has 0 saturated carbocycles. The molecule has 1 aromatic carbocycles. The minimum Gasteiger partial charge on any atom is -0.394 e. The molecule has 0 unspecified atom stereocenters. The molecule has 12 nitrogen and oxygen atoms in total. The summed E-state index contributed by atoms with van der Waals surface area (Å²) >= 11 is 0. The van der Waals surface area contributed by atoms with E-state index in [0.29, 0.717) is 5.69 Å². The number of anilines is 1. The van der Waals surface area contributed by atoms with E-state index in [9.17, 15) is 35.7 Å². The molecule has 1 aliphatic rings. The number of hydrazone groups is 1. The number of hydrogen-bond donors (Lipinski definition) is 9. The highest BCUT2D eigenvalue weighted by atomic mass is 16.7. The Labute approximate surface area is 178 Å². The van der Waals surface area contributed by atoms with Crippen molar-refractivity contribution in [2.24, 2.45) is 5.10 Å². The second-order valence-corrected chi connectivity index (χ2v) is 7.23. The van der Waals surface area contributed by atoms with Crippen molar-refractivity contribution in [2.75, 3.05) is 18.6 Å². The van der Waals surface area contributed by atoms with Crippen molar-refractivity contribution < 1.29 is 50.3 Å². The van der Waals surface area contributed by atoms with Crippen LogP contribution in [0.4, 0.5) is 5.69 Å². The summed E-state index contributed by atoms with van der Waals surface area (Å²) in [6, 6.07) is 7.16. The second-order valence-electron chi connectivity index (χ2n) is 7.23. The van der Waals surface area contributed by atoms with E-state index in [4.69, 9.17) is 14.6 Å². The van der Waals surface area contributed by atoms with Crippen LogP contribution in [-0.4, -0.2) is 115 Å². The van der Waals surface area contributed by atoms with Crippen LogP contribution in [0.1, 0.15) is 5.56 Å². The molecule has 176 valence electrons. The highest BCUT2D eigenvalue weighted by Crippen LogP contribution is 2.24. The molecular weight excluding hydrogens is 416 g/mol. The molecule has 1 aliphatic heterocycles. The molecule has 0 radical (unpaired) electrons. The largest absolute Gasteiger partial charge is 0.394 e. The molecule has 1 saturated heterocycles. The first-order valence-electron chi connectivity index (χ1n) is 9.67. The summed E-state index contributed by atoms with van der Waals surface area (Å²) in [7, 11) is 0. The van der Waals surface area contributed by atoms with Crippen LogP contribution in [0.5, 0.6) is 0 Å². The molecule has 9 N–H and O–H groups in total. The van der Waals surface area contributed by atoms with Crippen molar-refractivity contribution in [1.82, 2.24) is 0 Å². The van der Waals surface area contributed by atoms with Crippen LogP contribution in [0.2, 0.25) is 0 Å². The van der Waals surface area contributed by atoms with Crippen molar-refractivity contribution in [3.8, 4) is 0 Å². The number of nitrogens with one attached hydrogen (secondary N) is 1. The van der Waals surface area contributed by atoms with Gasteiger partial charge < -0.3 is 50.3 Å². The first kappa shape index (κ1) is 25.5. The van der Waals surface area contributed by atoms with E-state index >= 15 is 0 Å². The van der Waals surface area contributed by atoms with Crippen molar-refractivity contribution in [3.05, 3.63) is 29.8 Å². The van der Waals surface area contributed by atoms with E-state index in [1.807, 2.05) is 19.1 Å². The van der Waals surface area contributed by atoms with E-state index in [1.165, 1.54) is 0 Å². The quantitative estimate of drug-likeness (QED) is 0.128. The van der Waals surface area contributed by atoms with Gasteiger partial charge in [0, 0.05) is 0 Å². The van der Waals surface area contributed by atoms with Gasteiger partial charge in [-0.05, 0) is 18.6 Å². The van der Waals surface area contributed by atoms with E-state index in [0.717, 1.165) is 11.8 Å². The summed E-state index contributed by atoms with van der Waals surface area (Å²) in [5.41, 5.74) is 4.22. The van der Waals surface area contributed by atoms with Crippen LogP contribution in [0, 0.1) is 6.92 Å². The predicted octanol–water partition coefficient (Wildman–Crippen LogP) is -3.35. The standard InChI is InChI=1S/C19H30N2O10/c1-9-4-2-3-5-10(9)21-20-6-12(15(26)14(25)11(24)7-22)30-19-18(29)17(28)16(27)13(8-23)31-19/h2-6,11-19,21-29H,7-8H2,1H3/b20-6+/t11-,12+,13-,14-,15-,16-,17+,18-,19-/m1/s1. The van der Waals surface area contributed by atoms with Gasteiger partial charge >= 0.3 is 0 Å². The van der Waals surface area contributed by atoms with Gasteiger partial charge in [-0.2, -0.15) is 5.10 Å². The van der Waals surface area contributed by atoms with Gasteiger partial charge in [-0.1, -0.05) is 18.2 Å². The van der Waals surface area contributed by atoms with Gasteiger partial charge in [-0.3, -0.25) is 5.43 Å². The fourth-order valence-corrected chi connectivity index (χ4v) is 2.95. The molecule has 1 aromatic rings. The van der Waals surface area contributed by atoms with Crippen molar-refractivity contribution in [3.63, 3.8) is 0 Å². The molecule has 0 amide bonds. The van der Waals surface area contributed by atoms with Gasteiger partial charge in [0.2, 0.25) is 0 Å². The topological polar surface area (TPSA) is 205 Å². The van der Waals surface area contributed by atoms with Gasteiger partial charge in [0.25, 0.3) is 0 Å². The smallest absolute Gasteiger partial charge is 0.187 e. The number of benzene rings is 1. The Morgan fingerprint density at radius 3 is 2.35 bits per heavy atom. The number of hydrogen-bond acceptors (Lipinski definition) is 12. The zero-order chi connectivity index (χ0) is 23.1. The van der Waals surface area contributed by atoms with Crippen LogP contribution in [-0.2, 0) is 9.47 Å². The molecular formula is C19H30N2O10. The normalized spacial score (nSPS) is 30.7. The summed E-state index contributed by atoms with van der Waals surface area (Å²) < 4.78 is 10.7.